The summed E-state index contributed by atoms with van der Waals surface area (Å²) in [6.07, 6.45) is 5.83. The van der Waals surface area contributed by atoms with Crippen LogP contribution in [-0.2, 0) is 12.8 Å². The topological polar surface area (TPSA) is 36.7 Å². The van der Waals surface area contributed by atoms with Crippen molar-refractivity contribution in [3.63, 3.8) is 0 Å². The minimum Gasteiger partial charge on any atom is -0.264 e. The Morgan fingerprint density at radius 1 is 1.26 bits per heavy atom. The molecule has 0 bridgehead atoms. The molecule has 0 amide bonds. The maximum Gasteiger partial charge on any atom is 0.134 e. The fourth-order valence-corrected chi connectivity index (χ4v) is 3.61. The highest BCUT2D eigenvalue weighted by atomic mass is 32.2. The van der Waals surface area contributed by atoms with Crippen LogP contribution in [0.3, 0.4) is 0 Å². The number of pyridine rings is 1. The average Bonchev–Trinajstić information content (AvgIpc) is 2.59. The van der Waals surface area contributed by atoms with Crippen LogP contribution in [0.2, 0.25) is 0 Å². The average molecular weight is 266 g/mol. The predicted octanol–water partition coefficient (Wildman–Crippen LogP) is 3.79. The van der Waals surface area contributed by atoms with E-state index in [1.54, 1.807) is 0 Å². The fraction of sp³-hybridized carbons (Fsp3) is 0.250. The molecule has 1 aliphatic rings. The molecule has 19 heavy (non-hydrogen) atoms. The van der Waals surface area contributed by atoms with E-state index in [4.69, 9.17) is 5.26 Å². The smallest absolute Gasteiger partial charge is 0.134 e. The van der Waals surface area contributed by atoms with Gasteiger partial charge in [0.2, 0.25) is 0 Å². The van der Waals surface area contributed by atoms with Gasteiger partial charge >= 0.3 is 0 Å². The summed E-state index contributed by atoms with van der Waals surface area (Å²) in [5.74, 6) is 0. The van der Waals surface area contributed by atoms with Gasteiger partial charge in [-0.1, -0.05) is 18.2 Å². The second kappa shape index (κ2) is 5.07. The molecule has 2 aromatic rings. The summed E-state index contributed by atoms with van der Waals surface area (Å²) >= 11 is 1.33. The van der Waals surface area contributed by atoms with Gasteiger partial charge in [-0.2, -0.15) is 5.26 Å². The Bertz CT molecular complexity index is 658. The van der Waals surface area contributed by atoms with Crippen LogP contribution in [0.5, 0.6) is 0 Å². The number of fused-ring (bicyclic) bond motifs is 2. The minimum atomic E-state index is 0.0890. The van der Waals surface area contributed by atoms with Crippen LogP contribution in [0.15, 0.2) is 36.7 Å². The molecule has 0 fully saturated rings. The van der Waals surface area contributed by atoms with Crippen LogP contribution in [-0.4, -0.2) is 4.98 Å². The zero-order valence-corrected chi connectivity index (χ0v) is 11.6. The maximum atomic E-state index is 9.12. The van der Waals surface area contributed by atoms with Crippen LogP contribution in [0.1, 0.15) is 33.1 Å². The van der Waals surface area contributed by atoms with Gasteiger partial charge in [-0.15, -0.1) is 0 Å². The van der Waals surface area contributed by atoms with E-state index in [0.29, 0.717) is 0 Å². The molecule has 0 radical (unpaired) electrons. The van der Waals surface area contributed by atoms with Crippen molar-refractivity contribution in [2.24, 2.45) is 0 Å². The van der Waals surface area contributed by atoms with Crippen molar-refractivity contribution in [1.82, 2.24) is 4.98 Å². The van der Waals surface area contributed by atoms with Crippen molar-refractivity contribution < 1.29 is 0 Å². The highest BCUT2D eigenvalue weighted by molar-refractivity contribution is 8.04. The molecule has 94 valence electrons. The summed E-state index contributed by atoms with van der Waals surface area (Å²) in [6.45, 7) is 2.15. The summed E-state index contributed by atoms with van der Waals surface area (Å²) < 4.78 is 0. The van der Waals surface area contributed by atoms with Crippen LogP contribution in [0.4, 0.5) is 0 Å². The van der Waals surface area contributed by atoms with E-state index < -0.39 is 0 Å². The zero-order chi connectivity index (χ0) is 13.2. The summed E-state index contributed by atoms with van der Waals surface area (Å²) in [4.78, 5) is 4.24. The van der Waals surface area contributed by atoms with E-state index in [1.807, 2.05) is 12.4 Å². The van der Waals surface area contributed by atoms with Crippen LogP contribution < -0.4 is 0 Å². The van der Waals surface area contributed by atoms with Gasteiger partial charge in [0.15, 0.2) is 0 Å². The summed E-state index contributed by atoms with van der Waals surface area (Å²) in [7, 11) is 0. The predicted molar refractivity (Wildman–Crippen MR) is 77.9 cm³/mol. The van der Waals surface area contributed by atoms with Crippen molar-refractivity contribution in [1.29, 1.82) is 5.26 Å². The first kappa shape index (κ1) is 12.3. The minimum absolute atomic E-state index is 0.0890. The third kappa shape index (κ3) is 2.13. The Balaban J connectivity index is 2.21. The second-order valence-corrected chi connectivity index (χ2v) is 5.70. The molecule has 0 N–H and O–H groups in total. The third-order valence-corrected chi connectivity index (χ3v) is 4.62. The number of aryl methyl sites for hydroxylation is 2. The number of hydrogen-bond donors (Lipinski definition) is 0. The molecular formula is C16H14N2S. The van der Waals surface area contributed by atoms with E-state index in [1.165, 1.54) is 39.6 Å². The number of benzene rings is 1. The van der Waals surface area contributed by atoms with Crippen molar-refractivity contribution in [3.8, 4) is 5.40 Å². The first-order chi connectivity index (χ1) is 9.31. The van der Waals surface area contributed by atoms with Gasteiger partial charge in [0, 0.05) is 12.4 Å². The fourth-order valence-electron chi connectivity index (χ4n) is 2.82. The van der Waals surface area contributed by atoms with Gasteiger partial charge < -0.3 is 0 Å². The molecule has 1 aromatic heterocycles. The number of thiocyanates is 1. The second-order valence-electron chi connectivity index (χ2n) is 4.81. The number of aromatic nitrogens is 1. The van der Waals surface area contributed by atoms with E-state index >= 15 is 0 Å². The molecule has 3 rings (SSSR count). The summed E-state index contributed by atoms with van der Waals surface area (Å²) in [6, 6.07) is 8.47. The van der Waals surface area contributed by atoms with Crippen LogP contribution >= 0.6 is 11.8 Å². The van der Waals surface area contributed by atoms with E-state index in [0.717, 1.165) is 12.8 Å². The van der Waals surface area contributed by atoms with Crippen molar-refractivity contribution in [3.05, 3.63) is 64.5 Å². The SMILES string of the molecule is Cc1cccc2c1CCc1ccncc1C2SC#N. The normalized spacial score (nSPS) is 16.9. The molecule has 3 heteroatoms. The van der Waals surface area contributed by atoms with Crippen LogP contribution in [0, 0.1) is 17.6 Å². The maximum absolute atomic E-state index is 9.12. The lowest BCUT2D eigenvalue weighted by atomic mass is 9.97. The van der Waals surface area contributed by atoms with Gasteiger partial charge in [-0.25, -0.2) is 0 Å². The number of hydrogen-bond acceptors (Lipinski definition) is 3. The molecule has 1 aliphatic carbocycles. The number of rotatable bonds is 1. The molecular weight excluding hydrogens is 252 g/mol. The lowest BCUT2D eigenvalue weighted by molar-refractivity contribution is 0.950. The molecule has 0 saturated heterocycles. The quantitative estimate of drug-likeness (QED) is 0.737. The zero-order valence-electron chi connectivity index (χ0n) is 10.8. The van der Waals surface area contributed by atoms with Gasteiger partial charge in [-0.05, 0) is 65.4 Å². The van der Waals surface area contributed by atoms with E-state index in [2.05, 4.69) is 41.6 Å². The number of nitrogens with zero attached hydrogens (tertiary/aromatic N) is 2. The Morgan fingerprint density at radius 3 is 3.00 bits per heavy atom. The number of thioether (sulfide) groups is 1. The van der Waals surface area contributed by atoms with Crippen molar-refractivity contribution >= 4 is 11.8 Å². The molecule has 0 aliphatic heterocycles. The number of nitriles is 1. The highest BCUT2D eigenvalue weighted by Crippen LogP contribution is 2.41. The Hall–Kier alpha value is -1.79. The van der Waals surface area contributed by atoms with E-state index in [9.17, 15) is 0 Å². The third-order valence-electron chi connectivity index (χ3n) is 3.77. The highest BCUT2D eigenvalue weighted by Gasteiger charge is 2.25. The largest absolute Gasteiger partial charge is 0.264 e. The van der Waals surface area contributed by atoms with E-state index in [-0.39, 0.29) is 5.25 Å². The molecule has 0 saturated carbocycles. The molecule has 1 heterocycles. The summed E-state index contributed by atoms with van der Waals surface area (Å²) in [5, 5.41) is 11.5. The Labute approximate surface area is 117 Å². The lowest BCUT2D eigenvalue weighted by Crippen LogP contribution is -2.01. The van der Waals surface area contributed by atoms with Gasteiger partial charge in [-0.3, -0.25) is 4.98 Å². The molecule has 0 spiro atoms. The van der Waals surface area contributed by atoms with Crippen LogP contribution in [0.25, 0.3) is 0 Å². The monoisotopic (exact) mass is 266 g/mol. The first-order valence-electron chi connectivity index (χ1n) is 6.37. The first-order valence-corrected chi connectivity index (χ1v) is 7.25. The standard InChI is InChI=1S/C16H14N2S/c1-11-3-2-4-14-13(11)6-5-12-7-8-18-9-15(12)16(14)19-10-17/h2-4,7-9,16H,5-6H2,1H3. The van der Waals surface area contributed by atoms with Gasteiger partial charge in [0.25, 0.3) is 0 Å². The summed E-state index contributed by atoms with van der Waals surface area (Å²) in [5.41, 5.74) is 6.50. The molecule has 1 atom stereocenters. The van der Waals surface area contributed by atoms with Crippen molar-refractivity contribution in [2.45, 2.75) is 25.0 Å². The molecule has 1 aromatic carbocycles. The van der Waals surface area contributed by atoms with Crippen molar-refractivity contribution in [2.75, 3.05) is 0 Å². The lowest BCUT2D eigenvalue weighted by Gasteiger charge is -2.17. The van der Waals surface area contributed by atoms with Gasteiger partial charge in [0.1, 0.15) is 5.40 Å². The molecule has 1 unspecified atom stereocenters. The van der Waals surface area contributed by atoms with Gasteiger partial charge in [0.05, 0.1) is 5.25 Å². The Morgan fingerprint density at radius 2 is 2.16 bits per heavy atom. The Kier molecular flexibility index (Phi) is 3.27. The molecule has 2 nitrogen and oxygen atoms in total.